The Morgan fingerprint density at radius 3 is 0.957 bits per heavy atom. The zero-order valence-electron chi connectivity index (χ0n) is 32.4. The zero-order valence-corrected chi connectivity index (χ0v) is 32.4. The number of rotatable bonds is 20. The highest BCUT2D eigenvalue weighted by atomic mass is 16.5. The first-order valence-electron chi connectivity index (χ1n) is 22.1. The SMILES string of the molecule is CCCCCC1CCC(C(=CCOCC=C(C2CCC(CCC)CC2)C2CCC(CCCCC)CC2)C2CCC(CCC)CC2)CC1. The van der Waals surface area contributed by atoms with Crippen LogP contribution in [-0.2, 0) is 4.74 Å². The maximum absolute atomic E-state index is 6.60. The lowest BCUT2D eigenvalue weighted by molar-refractivity contribution is 0.184. The molecule has 1 nitrogen and oxygen atoms in total. The lowest BCUT2D eigenvalue weighted by Crippen LogP contribution is -2.24. The molecule has 4 rings (SSSR count). The lowest BCUT2D eigenvalue weighted by Gasteiger charge is -2.37. The summed E-state index contributed by atoms with van der Waals surface area (Å²) in [5.41, 5.74) is 3.68. The summed E-state index contributed by atoms with van der Waals surface area (Å²) in [4.78, 5) is 0. The maximum atomic E-state index is 6.60. The fraction of sp³-hybridized carbons (Fsp3) is 0.913. The molecule has 4 aliphatic rings. The van der Waals surface area contributed by atoms with E-state index >= 15 is 0 Å². The van der Waals surface area contributed by atoms with Crippen molar-refractivity contribution in [1.29, 1.82) is 0 Å². The van der Waals surface area contributed by atoms with Crippen LogP contribution in [0.4, 0.5) is 0 Å². The first kappa shape index (κ1) is 39.2. The predicted octanol–water partition coefficient (Wildman–Crippen LogP) is 14.8. The van der Waals surface area contributed by atoms with Crippen LogP contribution in [0.5, 0.6) is 0 Å². The summed E-state index contributed by atoms with van der Waals surface area (Å²) in [6.45, 7) is 11.1. The van der Waals surface area contributed by atoms with Crippen LogP contribution in [0.3, 0.4) is 0 Å². The minimum absolute atomic E-state index is 0.838. The molecule has 0 aromatic heterocycles. The summed E-state index contributed by atoms with van der Waals surface area (Å²) in [6.07, 6.45) is 45.7. The van der Waals surface area contributed by atoms with E-state index in [1.807, 2.05) is 11.1 Å². The molecule has 1 heteroatoms. The molecular weight excluding hydrogens is 569 g/mol. The smallest absolute Gasteiger partial charge is 0.0654 e. The van der Waals surface area contributed by atoms with Gasteiger partial charge in [0.25, 0.3) is 0 Å². The van der Waals surface area contributed by atoms with E-state index in [0.29, 0.717) is 0 Å². The van der Waals surface area contributed by atoms with E-state index < -0.39 is 0 Å². The van der Waals surface area contributed by atoms with Crippen LogP contribution in [0.15, 0.2) is 23.3 Å². The van der Waals surface area contributed by atoms with Crippen LogP contribution in [-0.4, -0.2) is 13.2 Å². The molecule has 0 spiro atoms. The van der Waals surface area contributed by atoms with Crippen LogP contribution < -0.4 is 0 Å². The normalized spacial score (nSPS) is 32.9. The molecule has 0 saturated heterocycles. The Morgan fingerprint density at radius 2 is 0.681 bits per heavy atom. The quantitative estimate of drug-likeness (QED) is 0.0941. The van der Waals surface area contributed by atoms with Crippen molar-refractivity contribution in [3.05, 3.63) is 23.3 Å². The van der Waals surface area contributed by atoms with Gasteiger partial charge >= 0.3 is 0 Å². The molecule has 47 heavy (non-hydrogen) atoms. The van der Waals surface area contributed by atoms with E-state index in [1.54, 1.807) is 0 Å². The van der Waals surface area contributed by atoms with E-state index in [-0.39, 0.29) is 0 Å². The largest absolute Gasteiger partial charge is 0.373 e. The molecule has 0 unspecified atom stereocenters. The van der Waals surface area contributed by atoms with Crippen molar-refractivity contribution in [2.24, 2.45) is 47.3 Å². The lowest BCUT2D eigenvalue weighted by atomic mass is 9.69. The van der Waals surface area contributed by atoms with Gasteiger partial charge in [-0.05, 0) is 150 Å². The van der Waals surface area contributed by atoms with Gasteiger partial charge in [0.1, 0.15) is 0 Å². The number of ether oxygens (including phenoxy) is 1. The van der Waals surface area contributed by atoms with Gasteiger partial charge in [-0.1, -0.05) is 128 Å². The van der Waals surface area contributed by atoms with Crippen molar-refractivity contribution < 1.29 is 4.74 Å². The van der Waals surface area contributed by atoms with Gasteiger partial charge in [0, 0.05) is 0 Å². The average Bonchev–Trinajstić information content (AvgIpc) is 3.10. The van der Waals surface area contributed by atoms with Crippen molar-refractivity contribution in [2.45, 2.75) is 207 Å². The number of hydrogen-bond acceptors (Lipinski definition) is 1. The van der Waals surface area contributed by atoms with Crippen LogP contribution in [0.1, 0.15) is 207 Å². The summed E-state index contributed by atoms with van der Waals surface area (Å²) in [6, 6.07) is 0. The number of unbranched alkanes of at least 4 members (excludes halogenated alkanes) is 4. The van der Waals surface area contributed by atoms with Crippen molar-refractivity contribution >= 4 is 0 Å². The van der Waals surface area contributed by atoms with Gasteiger partial charge in [-0.2, -0.15) is 0 Å². The number of hydrogen-bond donors (Lipinski definition) is 0. The van der Waals surface area contributed by atoms with E-state index in [1.165, 1.54) is 180 Å². The maximum Gasteiger partial charge on any atom is 0.0654 e. The molecule has 4 aliphatic carbocycles. The number of allylic oxidation sites excluding steroid dienone is 2. The molecule has 0 bridgehead atoms. The second-order valence-electron chi connectivity index (χ2n) is 17.4. The standard InChI is InChI=1S/C46H82O/c1-5-9-11-15-39-21-29-43(30-22-39)45(41-25-17-37(13-7-3)18-26-41)33-35-47-36-34-46(42-27-19-38(14-8-4)20-28-42)44-31-23-40(24-32-44)16-12-10-6-2/h33-34,37-44H,5-32,35-36H2,1-4H3. The third kappa shape index (κ3) is 13.6. The minimum atomic E-state index is 0.838. The second-order valence-corrected chi connectivity index (χ2v) is 17.4. The van der Waals surface area contributed by atoms with Crippen LogP contribution in [0.25, 0.3) is 0 Å². The molecule has 0 amide bonds. The average molecular weight is 651 g/mol. The van der Waals surface area contributed by atoms with Gasteiger partial charge in [0.05, 0.1) is 13.2 Å². The van der Waals surface area contributed by atoms with E-state index in [2.05, 4.69) is 39.8 Å². The summed E-state index contributed by atoms with van der Waals surface area (Å²) in [5.74, 6) is 7.35. The topological polar surface area (TPSA) is 9.23 Å². The van der Waals surface area contributed by atoms with Crippen LogP contribution in [0, 0.1) is 47.3 Å². The highest BCUT2D eigenvalue weighted by Gasteiger charge is 2.32. The Hall–Kier alpha value is -0.560. The fourth-order valence-electron chi connectivity index (χ4n) is 11.0. The molecule has 0 N–H and O–H groups in total. The zero-order chi connectivity index (χ0) is 33.1. The molecule has 0 aromatic rings. The van der Waals surface area contributed by atoms with Crippen molar-refractivity contribution in [1.82, 2.24) is 0 Å². The van der Waals surface area contributed by atoms with Gasteiger partial charge < -0.3 is 4.74 Å². The summed E-state index contributed by atoms with van der Waals surface area (Å²) >= 11 is 0. The molecule has 4 saturated carbocycles. The third-order valence-electron chi connectivity index (χ3n) is 14.0. The first-order valence-corrected chi connectivity index (χ1v) is 22.1. The second kappa shape index (κ2) is 23.0. The summed E-state index contributed by atoms with van der Waals surface area (Å²) < 4.78 is 6.60. The molecule has 0 aromatic carbocycles. The Labute approximate surface area is 295 Å². The van der Waals surface area contributed by atoms with Gasteiger partial charge in [0.15, 0.2) is 0 Å². The molecule has 0 atom stereocenters. The molecule has 0 radical (unpaired) electrons. The van der Waals surface area contributed by atoms with Gasteiger partial charge in [-0.3, -0.25) is 0 Å². The monoisotopic (exact) mass is 651 g/mol. The summed E-state index contributed by atoms with van der Waals surface area (Å²) in [5, 5.41) is 0. The molecule has 4 fully saturated rings. The molecule has 272 valence electrons. The van der Waals surface area contributed by atoms with E-state index in [0.717, 1.165) is 60.6 Å². The molecular formula is C46H82O. The Kier molecular flexibility index (Phi) is 19.2. The molecule has 0 aliphatic heterocycles. The van der Waals surface area contributed by atoms with Gasteiger partial charge in [-0.25, -0.2) is 0 Å². The Balaban J connectivity index is 1.35. The first-order chi connectivity index (χ1) is 23.1. The van der Waals surface area contributed by atoms with Crippen molar-refractivity contribution in [3.63, 3.8) is 0 Å². The predicted molar refractivity (Wildman–Crippen MR) is 207 cm³/mol. The fourth-order valence-corrected chi connectivity index (χ4v) is 11.0. The Bertz CT molecular complexity index is 766. The highest BCUT2D eigenvalue weighted by Crippen LogP contribution is 2.45. The summed E-state index contributed by atoms with van der Waals surface area (Å²) in [7, 11) is 0. The minimum Gasteiger partial charge on any atom is -0.373 e. The van der Waals surface area contributed by atoms with Crippen molar-refractivity contribution in [3.8, 4) is 0 Å². The Morgan fingerprint density at radius 1 is 0.383 bits per heavy atom. The van der Waals surface area contributed by atoms with Gasteiger partial charge in [-0.15, -0.1) is 0 Å². The van der Waals surface area contributed by atoms with E-state index in [9.17, 15) is 0 Å². The van der Waals surface area contributed by atoms with E-state index in [4.69, 9.17) is 4.74 Å². The highest BCUT2D eigenvalue weighted by molar-refractivity contribution is 5.15. The van der Waals surface area contributed by atoms with Gasteiger partial charge in [0.2, 0.25) is 0 Å². The molecule has 0 heterocycles. The van der Waals surface area contributed by atoms with Crippen LogP contribution >= 0.6 is 0 Å². The van der Waals surface area contributed by atoms with Crippen LogP contribution in [0.2, 0.25) is 0 Å². The van der Waals surface area contributed by atoms with Crippen molar-refractivity contribution in [2.75, 3.05) is 13.2 Å². The third-order valence-corrected chi connectivity index (χ3v) is 14.0.